The van der Waals surface area contributed by atoms with E-state index < -0.39 is 6.04 Å². The largest absolute Gasteiger partial charge is 0.454 e. The number of nitrogens with one attached hydrogen (secondary N) is 2. The number of anilines is 1. The number of pyridine rings is 1. The minimum absolute atomic E-state index is 0.132. The van der Waals surface area contributed by atoms with Crippen molar-refractivity contribution in [3.8, 4) is 11.5 Å². The molecule has 1 atom stereocenters. The van der Waals surface area contributed by atoms with E-state index in [4.69, 9.17) is 15.2 Å². The summed E-state index contributed by atoms with van der Waals surface area (Å²) in [5.41, 5.74) is 9.04. The van der Waals surface area contributed by atoms with Crippen molar-refractivity contribution < 1.29 is 19.1 Å². The van der Waals surface area contributed by atoms with Crippen molar-refractivity contribution in [2.45, 2.75) is 19.0 Å². The lowest BCUT2D eigenvalue weighted by molar-refractivity contribution is -0.121. The molecule has 1 aliphatic heterocycles. The monoisotopic (exact) mass is 418 g/mol. The van der Waals surface area contributed by atoms with Gasteiger partial charge in [-0.2, -0.15) is 0 Å². The Bertz CT molecular complexity index is 1070. The van der Waals surface area contributed by atoms with E-state index in [-0.39, 0.29) is 25.0 Å². The highest BCUT2D eigenvalue weighted by molar-refractivity contribution is 6.04. The van der Waals surface area contributed by atoms with Crippen LogP contribution in [0, 0.1) is 0 Å². The number of benzene rings is 2. The molecule has 31 heavy (non-hydrogen) atoms. The Morgan fingerprint density at radius 2 is 1.74 bits per heavy atom. The van der Waals surface area contributed by atoms with E-state index in [1.807, 2.05) is 18.2 Å². The first-order chi connectivity index (χ1) is 15.1. The lowest BCUT2D eigenvalue weighted by Gasteiger charge is -2.13. The van der Waals surface area contributed by atoms with Crippen molar-refractivity contribution in [2.24, 2.45) is 5.73 Å². The standard InChI is InChI=1S/C23H22N4O4/c24-19(12-22(28)26-13-15-1-6-20-21(11-15)31-14-30-20)16-2-4-17(5-3-16)23(29)27-18-7-9-25-10-8-18/h1-11,19H,12-14,24H2,(H,26,28)(H,25,27,29). The van der Waals surface area contributed by atoms with Gasteiger partial charge in [-0.3, -0.25) is 14.6 Å². The van der Waals surface area contributed by atoms with Crippen LogP contribution in [0.2, 0.25) is 0 Å². The molecule has 4 rings (SSSR count). The molecule has 0 aliphatic carbocycles. The third kappa shape index (κ3) is 5.18. The SMILES string of the molecule is NC(CC(=O)NCc1ccc2c(c1)OCO2)c1ccc(C(=O)Nc2ccncc2)cc1. The smallest absolute Gasteiger partial charge is 0.255 e. The van der Waals surface area contributed by atoms with Gasteiger partial charge in [0.25, 0.3) is 5.91 Å². The second-order valence-electron chi connectivity index (χ2n) is 7.09. The van der Waals surface area contributed by atoms with Crippen molar-refractivity contribution >= 4 is 17.5 Å². The van der Waals surface area contributed by atoms with Gasteiger partial charge in [0.1, 0.15) is 0 Å². The van der Waals surface area contributed by atoms with Crippen molar-refractivity contribution in [1.82, 2.24) is 10.3 Å². The fourth-order valence-corrected chi connectivity index (χ4v) is 3.16. The first-order valence-corrected chi connectivity index (χ1v) is 9.80. The van der Waals surface area contributed by atoms with E-state index in [1.165, 1.54) is 0 Å². The number of nitrogens with two attached hydrogens (primary N) is 1. The summed E-state index contributed by atoms with van der Waals surface area (Å²) in [6.45, 7) is 0.584. The van der Waals surface area contributed by atoms with Gasteiger partial charge in [-0.25, -0.2) is 0 Å². The number of aromatic nitrogens is 1. The van der Waals surface area contributed by atoms with Crippen LogP contribution in [0.15, 0.2) is 67.0 Å². The molecule has 2 amide bonds. The summed E-state index contributed by atoms with van der Waals surface area (Å²) in [4.78, 5) is 28.5. The molecule has 4 N–H and O–H groups in total. The Labute approximate surface area is 179 Å². The average Bonchev–Trinajstić information content (AvgIpc) is 3.26. The number of fused-ring (bicyclic) bond motifs is 1. The topological polar surface area (TPSA) is 116 Å². The van der Waals surface area contributed by atoms with Crippen molar-refractivity contribution in [2.75, 3.05) is 12.1 Å². The van der Waals surface area contributed by atoms with Crippen LogP contribution >= 0.6 is 0 Å². The van der Waals surface area contributed by atoms with Gasteiger partial charge in [0.15, 0.2) is 11.5 Å². The van der Waals surface area contributed by atoms with Crippen LogP contribution in [-0.2, 0) is 11.3 Å². The minimum atomic E-state index is -0.478. The molecule has 3 aromatic rings. The van der Waals surface area contributed by atoms with Crippen LogP contribution in [0.25, 0.3) is 0 Å². The molecule has 0 spiro atoms. The zero-order chi connectivity index (χ0) is 21.6. The summed E-state index contributed by atoms with van der Waals surface area (Å²) in [6.07, 6.45) is 3.34. The molecular weight excluding hydrogens is 396 g/mol. The van der Waals surface area contributed by atoms with Crippen molar-refractivity contribution in [3.05, 3.63) is 83.7 Å². The Balaban J connectivity index is 1.28. The lowest BCUT2D eigenvalue weighted by atomic mass is 10.0. The van der Waals surface area contributed by atoms with E-state index in [0.29, 0.717) is 29.3 Å². The Hall–Kier alpha value is -3.91. The third-order valence-corrected chi connectivity index (χ3v) is 4.87. The molecule has 8 nitrogen and oxygen atoms in total. The molecule has 0 saturated heterocycles. The lowest BCUT2D eigenvalue weighted by Crippen LogP contribution is -2.27. The highest BCUT2D eigenvalue weighted by atomic mass is 16.7. The highest BCUT2D eigenvalue weighted by Crippen LogP contribution is 2.32. The average molecular weight is 418 g/mol. The van der Waals surface area contributed by atoms with Crippen LogP contribution in [0.4, 0.5) is 5.69 Å². The fraction of sp³-hybridized carbons (Fsp3) is 0.174. The van der Waals surface area contributed by atoms with E-state index in [9.17, 15) is 9.59 Å². The Kier molecular flexibility index (Phi) is 6.09. The van der Waals surface area contributed by atoms with Crippen LogP contribution < -0.4 is 25.8 Å². The predicted molar refractivity (Wildman–Crippen MR) is 115 cm³/mol. The van der Waals surface area contributed by atoms with Crippen molar-refractivity contribution in [3.63, 3.8) is 0 Å². The maximum absolute atomic E-state index is 12.3. The van der Waals surface area contributed by atoms with Gasteiger partial charge in [0.05, 0.1) is 0 Å². The molecule has 1 unspecified atom stereocenters. The number of hydrogen-bond acceptors (Lipinski definition) is 6. The normalized spacial score (nSPS) is 12.8. The van der Waals surface area contributed by atoms with Crippen LogP contribution in [0.3, 0.4) is 0 Å². The van der Waals surface area contributed by atoms with E-state index in [2.05, 4.69) is 15.6 Å². The summed E-state index contributed by atoms with van der Waals surface area (Å²) < 4.78 is 10.6. The molecule has 0 radical (unpaired) electrons. The molecule has 0 saturated carbocycles. The Morgan fingerprint density at radius 3 is 2.52 bits per heavy atom. The first kappa shape index (κ1) is 20.4. The first-order valence-electron chi connectivity index (χ1n) is 9.80. The van der Waals surface area contributed by atoms with Gasteiger partial charge in [-0.1, -0.05) is 18.2 Å². The maximum Gasteiger partial charge on any atom is 0.255 e. The van der Waals surface area contributed by atoms with Crippen LogP contribution in [0.5, 0.6) is 11.5 Å². The van der Waals surface area contributed by atoms with Crippen LogP contribution in [0.1, 0.15) is 33.9 Å². The van der Waals surface area contributed by atoms with E-state index in [1.54, 1.807) is 48.8 Å². The van der Waals surface area contributed by atoms with Gasteiger partial charge in [-0.15, -0.1) is 0 Å². The second-order valence-corrected chi connectivity index (χ2v) is 7.09. The third-order valence-electron chi connectivity index (χ3n) is 4.87. The number of nitrogens with zero attached hydrogens (tertiary/aromatic N) is 1. The number of amides is 2. The summed E-state index contributed by atoms with van der Waals surface area (Å²) in [6, 6.07) is 15.4. The molecule has 0 bridgehead atoms. The second kappa shape index (κ2) is 9.27. The number of carbonyl (C=O) groups is 2. The van der Waals surface area contributed by atoms with E-state index >= 15 is 0 Å². The summed E-state index contributed by atoms with van der Waals surface area (Å²) in [5, 5.41) is 5.66. The molecule has 2 heterocycles. The summed E-state index contributed by atoms with van der Waals surface area (Å²) in [7, 11) is 0. The van der Waals surface area contributed by atoms with Crippen molar-refractivity contribution in [1.29, 1.82) is 0 Å². The minimum Gasteiger partial charge on any atom is -0.454 e. The number of hydrogen-bond donors (Lipinski definition) is 3. The summed E-state index contributed by atoms with van der Waals surface area (Å²) >= 11 is 0. The zero-order valence-corrected chi connectivity index (χ0v) is 16.7. The molecule has 8 heteroatoms. The zero-order valence-electron chi connectivity index (χ0n) is 16.7. The molecule has 1 aromatic heterocycles. The Morgan fingerprint density at radius 1 is 1.00 bits per heavy atom. The van der Waals surface area contributed by atoms with Gasteiger partial charge < -0.3 is 25.8 Å². The van der Waals surface area contributed by atoms with Gasteiger partial charge in [-0.05, 0) is 47.5 Å². The highest BCUT2D eigenvalue weighted by Gasteiger charge is 2.15. The fourth-order valence-electron chi connectivity index (χ4n) is 3.16. The number of rotatable bonds is 7. The molecule has 158 valence electrons. The van der Waals surface area contributed by atoms with Gasteiger partial charge in [0.2, 0.25) is 12.7 Å². The number of carbonyl (C=O) groups excluding carboxylic acids is 2. The van der Waals surface area contributed by atoms with Gasteiger partial charge in [0, 0.05) is 42.7 Å². The quantitative estimate of drug-likeness (QED) is 0.543. The van der Waals surface area contributed by atoms with Gasteiger partial charge >= 0.3 is 0 Å². The predicted octanol–water partition coefficient (Wildman–Crippen LogP) is 2.77. The molecule has 0 fully saturated rings. The molecular formula is C23H22N4O4. The summed E-state index contributed by atoms with van der Waals surface area (Å²) in [5.74, 6) is 0.990. The molecule has 2 aromatic carbocycles. The maximum atomic E-state index is 12.3. The number of ether oxygens (including phenoxy) is 2. The molecule has 1 aliphatic rings. The van der Waals surface area contributed by atoms with Crippen LogP contribution in [-0.4, -0.2) is 23.6 Å². The van der Waals surface area contributed by atoms with E-state index in [0.717, 1.165) is 11.1 Å².